The van der Waals surface area contributed by atoms with Crippen LogP contribution >= 0.6 is 15.9 Å². The fraction of sp³-hybridized carbons (Fsp3) is 0.231. The van der Waals surface area contributed by atoms with Crippen molar-refractivity contribution >= 4 is 33.6 Å². The maximum atomic E-state index is 13.2. The first-order chi connectivity index (χ1) is 16.4. The van der Waals surface area contributed by atoms with E-state index in [2.05, 4.69) is 26.6 Å². The average Bonchev–Trinajstić information content (AvgIpc) is 2.83. The molecule has 0 unspecified atom stereocenters. The van der Waals surface area contributed by atoms with Gasteiger partial charge in [0.1, 0.15) is 11.5 Å². The van der Waals surface area contributed by atoms with Crippen molar-refractivity contribution in [2.75, 3.05) is 12.0 Å². The molecule has 0 saturated carbocycles. The van der Waals surface area contributed by atoms with Crippen LogP contribution in [0.4, 0.5) is 10.5 Å². The van der Waals surface area contributed by atoms with E-state index in [0.29, 0.717) is 24.2 Å². The van der Waals surface area contributed by atoms with Crippen LogP contribution in [0.25, 0.3) is 0 Å². The van der Waals surface area contributed by atoms with E-state index in [4.69, 9.17) is 9.47 Å². The molecule has 8 heteroatoms. The number of nitrogens with zero attached hydrogens (tertiary/aromatic N) is 1. The number of benzene rings is 3. The maximum Gasteiger partial charge on any atom is 0.325 e. The highest BCUT2D eigenvalue weighted by Gasteiger charge is 2.49. The summed E-state index contributed by atoms with van der Waals surface area (Å²) in [6.07, 6.45) is 0.579. The molecule has 2 heterocycles. The van der Waals surface area contributed by atoms with E-state index in [1.165, 1.54) is 0 Å². The molecule has 0 spiro atoms. The Balaban J connectivity index is 1.36. The minimum absolute atomic E-state index is 0.147. The highest BCUT2D eigenvalue weighted by Crippen LogP contribution is 2.46. The van der Waals surface area contributed by atoms with Crippen molar-refractivity contribution in [2.24, 2.45) is 0 Å². The van der Waals surface area contributed by atoms with Crippen molar-refractivity contribution in [1.29, 1.82) is 0 Å². The lowest BCUT2D eigenvalue weighted by Gasteiger charge is -2.50. The van der Waals surface area contributed by atoms with E-state index in [1.807, 2.05) is 55.5 Å². The Morgan fingerprint density at radius 2 is 2.00 bits per heavy atom. The van der Waals surface area contributed by atoms with Gasteiger partial charge < -0.3 is 20.1 Å². The highest BCUT2D eigenvalue weighted by atomic mass is 79.9. The number of urea groups is 1. The number of rotatable bonds is 5. The van der Waals surface area contributed by atoms with Crippen molar-refractivity contribution < 1.29 is 19.1 Å². The van der Waals surface area contributed by atoms with Gasteiger partial charge in [-0.25, -0.2) is 4.79 Å². The van der Waals surface area contributed by atoms with Gasteiger partial charge in [-0.2, -0.15) is 0 Å². The maximum absolute atomic E-state index is 13.2. The van der Waals surface area contributed by atoms with E-state index in [1.54, 1.807) is 30.2 Å². The molecule has 7 nitrogen and oxygen atoms in total. The van der Waals surface area contributed by atoms with Crippen LogP contribution in [-0.2, 0) is 6.54 Å². The minimum Gasteiger partial charge on any atom is -0.497 e. The SMILES string of the molecule is COc1ccc(CNC(=O)c2cccc(N3C(=O)N[C@H]4C[C@@]3(C)Oc3ccc(Br)cc34)c2)cc1. The number of ether oxygens (including phenoxy) is 2. The topological polar surface area (TPSA) is 79.9 Å². The van der Waals surface area contributed by atoms with Crippen LogP contribution in [0.3, 0.4) is 0 Å². The second-order valence-corrected chi connectivity index (χ2v) is 9.50. The quantitative estimate of drug-likeness (QED) is 0.486. The molecule has 2 N–H and O–H groups in total. The second-order valence-electron chi connectivity index (χ2n) is 8.58. The Morgan fingerprint density at radius 1 is 1.21 bits per heavy atom. The van der Waals surface area contributed by atoms with Crippen molar-refractivity contribution in [3.8, 4) is 11.5 Å². The molecule has 3 aromatic rings. The lowest BCUT2D eigenvalue weighted by Crippen LogP contribution is -2.65. The molecule has 5 rings (SSSR count). The van der Waals surface area contributed by atoms with Gasteiger partial charge in [-0.1, -0.05) is 34.1 Å². The summed E-state index contributed by atoms with van der Waals surface area (Å²) < 4.78 is 12.4. The molecule has 2 aliphatic heterocycles. The zero-order valence-electron chi connectivity index (χ0n) is 18.8. The number of methoxy groups -OCH3 is 1. The van der Waals surface area contributed by atoms with Gasteiger partial charge in [0.05, 0.1) is 18.8 Å². The van der Waals surface area contributed by atoms with Gasteiger partial charge in [0.25, 0.3) is 5.91 Å². The first-order valence-electron chi connectivity index (χ1n) is 11.0. The van der Waals surface area contributed by atoms with Crippen LogP contribution < -0.4 is 25.0 Å². The van der Waals surface area contributed by atoms with Gasteiger partial charge in [0.2, 0.25) is 0 Å². The van der Waals surface area contributed by atoms with E-state index in [9.17, 15) is 9.59 Å². The standard InChI is InChI=1S/C26H24BrN3O4/c1-26-14-22(21-13-18(27)8-11-23(21)34-26)29-25(32)30(26)19-5-3-4-17(12-19)24(31)28-15-16-6-9-20(33-2)10-7-16/h3-13,22H,14-15H2,1-2H3,(H,28,31)(H,29,32)/t22-,26+/m0/s1. The van der Waals surface area contributed by atoms with Crippen LogP contribution in [0.2, 0.25) is 0 Å². The number of carbonyl (C=O) groups is 2. The highest BCUT2D eigenvalue weighted by molar-refractivity contribution is 9.10. The van der Waals surface area contributed by atoms with Crippen LogP contribution in [0.5, 0.6) is 11.5 Å². The molecule has 3 amide bonds. The third kappa shape index (κ3) is 4.09. The summed E-state index contributed by atoms with van der Waals surface area (Å²) >= 11 is 3.49. The molecule has 2 atom stereocenters. The van der Waals surface area contributed by atoms with Crippen LogP contribution in [0, 0.1) is 0 Å². The molecule has 0 aliphatic carbocycles. The van der Waals surface area contributed by atoms with Crippen molar-refractivity contribution in [2.45, 2.75) is 31.7 Å². The average molecular weight is 522 g/mol. The second kappa shape index (κ2) is 8.68. The number of hydrogen-bond acceptors (Lipinski definition) is 4. The molecule has 2 bridgehead atoms. The van der Waals surface area contributed by atoms with E-state index >= 15 is 0 Å². The van der Waals surface area contributed by atoms with Gasteiger partial charge in [-0.15, -0.1) is 0 Å². The Kier molecular flexibility index (Phi) is 5.69. The fourth-order valence-electron chi connectivity index (χ4n) is 4.55. The molecular formula is C26H24BrN3O4. The number of fused-ring (bicyclic) bond motifs is 4. The molecule has 3 aromatic carbocycles. The Hall–Kier alpha value is -3.52. The summed E-state index contributed by atoms with van der Waals surface area (Å²) in [7, 11) is 1.61. The first kappa shape index (κ1) is 22.3. The molecule has 34 heavy (non-hydrogen) atoms. The van der Waals surface area contributed by atoms with Gasteiger partial charge in [-0.3, -0.25) is 9.69 Å². The minimum atomic E-state index is -0.883. The number of nitrogens with one attached hydrogen (secondary N) is 2. The number of hydrogen-bond donors (Lipinski definition) is 2. The van der Waals surface area contributed by atoms with Gasteiger partial charge in [0.15, 0.2) is 5.72 Å². The number of anilines is 1. The monoisotopic (exact) mass is 521 g/mol. The molecule has 0 aromatic heterocycles. The Labute approximate surface area is 206 Å². The lowest BCUT2D eigenvalue weighted by atomic mass is 9.90. The Bertz CT molecular complexity index is 1260. The summed E-state index contributed by atoms with van der Waals surface area (Å²) in [5.41, 5.74) is 2.08. The molecule has 0 radical (unpaired) electrons. The zero-order valence-corrected chi connectivity index (χ0v) is 20.4. The fourth-order valence-corrected chi connectivity index (χ4v) is 4.93. The predicted molar refractivity (Wildman–Crippen MR) is 132 cm³/mol. The largest absolute Gasteiger partial charge is 0.497 e. The van der Waals surface area contributed by atoms with E-state index < -0.39 is 5.72 Å². The number of amides is 3. The third-order valence-corrected chi connectivity index (χ3v) is 6.71. The van der Waals surface area contributed by atoms with Crippen LogP contribution in [0.1, 0.15) is 40.9 Å². The van der Waals surface area contributed by atoms with Crippen molar-refractivity contribution in [3.05, 3.63) is 87.9 Å². The van der Waals surface area contributed by atoms with Crippen LogP contribution in [-0.4, -0.2) is 24.8 Å². The predicted octanol–water partition coefficient (Wildman–Crippen LogP) is 5.16. The van der Waals surface area contributed by atoms with Gasteiger partial charge in [0, 0.05) is 28.6 Å². The summed E-state index contributed by atoms with van der Waals surface area (Å²) in [5, 5.41) is 6.02. The third-order valence-electron chi connectivity index (χ3n) is 6.21. The van der Waals surface area contributed by atoms with Gasteiger partial charge in [-0.05, 0) is 61.0 Å². The summed E-state index contributed by atoms with van der Waals surface area (Å²) in [5.74, 6) is 1.27. The molecule has 174 valence electrons. The normalized spacial score (nSPS) is 20.6. The number of halogens is 1. The first-order valence-corrected chi connectivity index (χ1v) is 11.8. The molecule has 1 fully saturated rings. The summed E-state index contributed by atoms with van der Waals surface area (Å²) in [4.78, 5) is 27.6. The van der Waals surface area contributed by atoms with Crippen molar-refractivity contribution in [3.63, 3.8) is 0 Å². The van der Waals surface area contributed by atoms with Crippen LogP contribution in [0.15, 0.2) is 71.2 Å². The van der Waals surface area contributed by atoms with Gasteiger partial charge >= 0.3 is 6.03 Å². The number of carbonyl (C=O) groups excluding carboxylic acids is 2. The van der Waals surface area contributed by atoms with Crippen molar-refractivity contribution in [1.82, 2.24) is 10.6 Å². The zero-order chi connectivity index (χ0) is 23.9. The van der Waals surface area contributed by atoms with E-state index in [0.717, 1.165) is 27.1 Å². The Morgan fingerprint density at radius 3 is 2.76 bits per heavy atom. The van der Waals surface area contributed by atoms with E-state index in [-0.39, 0.29) is 18.0 Å². The summed E-state index contributed by atoms with van der Waals surface area (Å²) in [6, 6.07) is 19.9. The summed E-state index contributed by atoms with van der Waals surface area (Å²) in [6.45, 7) is 2.28. The molecular weight excluding hydrogens is 498 g/mol. The molecule has 1 saturated heterocycles. The lowest BCUT2D eigenvalue weighted by molar-refractivity contribution is 0.0378. The molecule has 2 aliphatic rings. The smallest absolute Gasteiger partial charge is 0.325 e.